The van der Waals surface area contributed by atoms with Crippen molar-refractivity contribution in [3.63, 3.8) is 0 Å². The summed E-state index contributed by atoms with van der Waals surface area (Å²) in [5.74, 6) is -3.33. The maximum Gasteiger partial charge on any atom is 0.416 e. The normalized spacial score (nSPS) is 21.5. The molecule has 0 spiro atoms. The first-order valence-corrected chi connectivity index (χ1v) is 7.45. The second kappa shape index (κ2) is 6.67. The molecule has 0 saturated heterocycles. The highest BCUT2D eigenvalue weighted by Gasteiger charge is 2.37. The zero-order valence-electron chi connectivity index (χ0n) is 13.3. The number of hydrogen-bond donors (Lipinski definition) is 2. The topological polar surface area (TPSA) is 66.4 Å². The van der Waals surface area contributed by atoms with Crippen molar-refractivity contribution >= 4 is 17.6 Å². The van der Waals surface area contributed by atoms with Crippen LogP contribution in [0.2, 0.25) is 0 Å². The van der Waals surface area contributed by atoms with E-state index in [0.717, 1.165) is 23.3 Å². The minimum absolute atomic E-state index is 0.00268. The molecule has 130 valence electrons. The summed E-state index contributed by atoms with van der Waals surface area (Å²) in [6, 6.07) is 4.29. The van der Waals surface area contributed by atoms with E-state index in [0.29, 0.717) is 0 Å². The van der Waals surface area contributed by atoms with Gasteiger partial charge in [-0.2, -0.15) is 13.2 Å². The first kappa shape index (κ1) is 18.0. The van der Waals surface area contributed by atoms with Gasteiger partial charge in [-0.3, -0.25) is 9.59 Å². The number of amides is 1. The van der Waals surface area contributed by atoms with Crippen molar-refractivity contribution in [2.24, 2.45) is 11.8 Å². The van der Waals surface area contributed by atoms with E-state index in [1.165, 1.54) is 12.1 Å². The van der Waals surface area contributed by atoms with Crippen LogP contribution in [0.4, 0.5) is 18.9 Å². The number of halogens is 3. The number of rotatable bonds is 3. The van der Waals surface area contributed by atoms with E-state index in [9.17, 15) is 27.9 Å². The van der Waals surface area contributed by atoms with Gasteiger partial charge in [0.15, 0.2) is 0 Å². The van der Waals surface area contributed by atoms with Crippen molar-refractivity contribution in [1.29, 1.82) is 0 Å². The van der Waals surface area contributed by atoms with E-state index in [1.807, 2.05) is 13.8 Å². The number of carboxylic acids is 1. The van der Waals surface area contributed by atoms with Crippen LogP contribution in [0.15, 0.2) is 35.4 Å². The van der Waals surface area contributed by atoms with Crippen LogP contribution in [0.25, 0.3) is 0 Å². The van der Waals surface area contributed by atoms with Crippen LogP contribution in [0.5, 0.6) is 0 Å². The van der Waals surface area contributed by atoms with Gasteiger partial charge in [-0.1, -0.05) is 17.2 Å². The first-order chi connectivity index (χ1) is 11.1. The summed E-state index contributed by atoms with van der Waals surface area (Å²) in [6.45, 7) is 3.66. The van der Waals surface area contributed by atoms with Crippen LogP contribution < -0.4 is 5.32 Å². The van der Waals surface area contributed by atoms with Crippen LogP contribution >= 0.6 is 0 Å². The van der Waals surface area contributed by atoms with Gasteiger partial charge in [0, 0.05) is 5.69 Å². The number of aliphatic carboxylic acids is 1. The van der Waals surface area contributed by atoms with Gasteiger partial charge in [0.2, 0.25) is 5.91 Å². The van der Waals surface area contributed by atoms with Crippen LogP contribution in [0, 0.1) is 11.8 Å². The molecular formula is C17H18F3NO3. The molecule has 1 aromatic rings. The number of alkyl halides is 3. The van der Waals surface area contributed by atoms with E-state index < -0.39 is 35.5 Å². The Kier molecular flexibility index (Phi) is 5.01. The molecule has 4 nitrogen and oxygen atoms in total. The Hall–Kier alpha value is -2.31. The van der Waals surface area contributed by atoms with Gasteiger partial charge in [-0.05, 0) is 44.9 Å². The van der Waals surface area contributed by atoms with Gasteiger partial charge >= 0.3 is 12.1 Å². The summed E-state index contributed by atoms with van der Waals surface area (Å²) in [7, 11) is 0. The number of hydrogen-bond acceptors (Lipinski definition) is 2. The third kappa shape index (κ3) is 3.96. The third-order valence-corrected chi connectivity index (χ3v) is 4.38. The highest BCUT2D eigenvalue weighted by Crippen LogP contribution is 2.35. The molecular weight excluding hydrogens is 323 g/mol. The van der Waals surface area contributed by atoms with Crippen LogP contribution in [-0.4, -0.2) is 17.0 Å². The zero-order valence-corrected chi connectivity index (χ0v) is 13.3. The number of nitrogens with one attached hydrogen (secondary N) is 1. The van der Waals surface area contributed by atoms with Gasteiger partial charge in [0.05, 0.1) is 17.4 Å². The lowest BCUT2D eigenvalue weighted by molar-refractivity contribution is -0.146. The molecule has 0 heterocycles. The van der Waals surface area contributed by atoms with E-state index in [2.05, 4.69) is 5.32 Å². The lowest BCUT2D eigenvalue weighted by Gasteiger charge is -2.29. The third-order valence-electron chi connectivity index (χ3n) is 4.38. The van der Waals surface area contributed by atoms with E-state index in [1.54, 1.807) is 0 Å². The quantitative estimate of drug-likeness (QED) is 0.814. The average molecular weight is 341 g/mol. The molecule has 0 radical (unpaired) electrons. The fourth-order valence-corrected chi connectivity index (χ4v) is 2.84. The number of benzene rings is 1. The van der Waals surface area contributed by atoms with Crippen LogP contribution in [0.1, 0.15) is 32.3 Å². The number of carbonyl (C=O) groups excluding carboxylic acids is 1. The summed E-state index contributed by atoms with van der Waals surface area (Å²) in [5.41, 5.74) is 1.01. The van der Waals surface area contributed by atoms with Gasteiger partial charge in [-0.15, -0.1) is 0 Å². The predicted octanol–water partition coefficient (Wildman–Crippen LogP) is 4.09. The minimum Gasteiger partial charge on any atom is -0.481 e. The van der Waals surface area contributed by atoms with Crippen molar-refractivity contribution in [3.05, 3.63) is 41.0 Å². The first-order valence-electron chi connectivity index (χ1n) is 7.45. The second-order valence-corrected chi connectivity index (χ2v) is 6.09. The lowest BCUT2D eigenvalue weighted by Crippen LogP contribution is -2.36. The molecule has 0 saturated carbocycles. The number of carboxylic acid groups (broad SMARTS) is 1. The Balaban J connectivity index is 2.21. The van der Waals surface area contributed by atoms with Gasteiger partial charge < -0.3 is 10.4 Å². The molecule has 2 N–H and O–H groups in total. The molecule has 1 aliphatic rings. The summed E-state index contributed by atoms with van der Waals surface area (Å²) >= 11 is 0. The van der Waals surface area contributed by atoms with Crippen molar-refractivity contribution < 1.29 is 27.9 Å². The SMILES string of the molecule is CC1=C(C)CC(C(=O)Nc2cccc(C(F)(F)F)c2)C(C(=O)O)C1. The van der Waals surface area contributed by atoms with Crippen LogP contribution in [-0.2, 0) is 15.8 Å². The smallest absolute Gasteiger partial charge is 0.416 e. The fourth-order valence-electron chi connectivity index (χ4n) is 2.84. The molecule has 0 aliphatic heterocycles. The summed E-state index contributed by atoms with van der Waals surface area (Å²) < 4.78 is 38.2. The van der Waals surface area contributed by atoms with Gasteiger partial charge in [0.1, 0.15) is 0 Å². The van der Waals surface area contributed by atoms with Crippen molar-refractivity contribution in [1.82, 2.24) is 0 Å². The predicted molar refractivity (Wildman–Crippen MR) is 82.3 cm³/mol. The lowest BCUT2D eigenvalue weighted by atomic mass is 9.76. The highest BCUT2D eigenvalue weighted by atomic mass is 19.4. The molecule has 7 heteroatoms. The number of allylic oxidation sites excluding steroid dienone is 2. The van der Waals surface area contributed by atoms with Crippen molar-refractivity contribution in [2.45, 2.75) is 32.9 Å². The monoisotopic (exact) mass is 341 g/mol. The maximum absolute atomic E-state index is 12.7. The fraction of sp³-hybridized carbons (Fsp3) is 0.412. The maximum atomic E-state index is 12.7. The number of anilines is 1. The van der Waals surface area contributed by atoms with E-state index in [4.69, 9.17) is 0 Å². The molecule has 1 aromatic carbocycles. The molecule has 2 unspecified atom stereocenters. The van der Waals surface area contributed by atoms with Crippen molar-refractivity contribution in [3.8, 4) is 0 Å². The molecule has 1 amide bonds. The Bertz CT molecular complexity index is 695. The molecule has 0 fully saturated rings. The molecule has 2 rings (SSSR count). The second-order valence-electron chi connectivity index (χ2n) is 6.09. The number of carbonyl (C=O) groups is 2. The highest BCUT2D eigenvalue weighted by molar-refractivity contribution is 5.95. The van der Waals surface area contributed by atoms with E-state index >= 15 is 0 Å². The Morgan fingerprint density at radius 3 is 2.25 bits per heavy atom. The van der Waals surface area contributed by atoms with E-state index in [-0.39, 0.29) is 18.5 Å². The van der Waals surface area contributed by atoms with Crippen molar-refractivity contribution in [2.75, 3.05) is 5.32 Å². The molecule has 0 bridgehead atoms. The average Bonchev–Trinajstić information content (AvgIpc) is 2.48. The Labute approximate surface area is 137 Å². The Morgan fingerprint density at radius 1 is 1.12 bits per heavy atom. The molecule has 0 aromatic heterocycles. The van der Waals surface area contributed by atoms with Gasteiger partial charge in [0.25, 0.3) is 0 Å². The summed E-state index contributed by atoms with van der Waals surface area (Å²) in [6.07, 6.45) is -3.96. The molecule has 2 atom stereocenters. The molecule has 1 aliphatic carbocycles. The minimum atomic E-state index is -4.51. The standard InChI is InChI=1S/C17H18F3NO3/c1-9-6-13(14(16(23)24)7-10(9)2)15(22)21-12-5-3-4-11(8-12)17(18,19)20/h3-5,8,13-14H,6-7H2,1-2H3,(H,21,22)(H,23,24). The largest absolute Gasteiger partial charge is 0.481 e. The summed E-state index contributed by atoms with van der Waals surface area (Å²) in [4.78, 5) is 23.8. The van der Waals surface area contributed by atoms with Crippen LogP contribution in [0.3, 0.4) is 0 Å². The zero-order chi connectivity index (χ0) is 18.1. The molecule has 24 heavy (non-hydrogen) atoms. The Morgan fingerprint density at radius 2 is 1.71 bits per heavy atom. The van der Waals surface area contributed by atoms with Gasteiger partial charge in [-0.25, -0.2) is 0 Å². The summed E-state index contributed by atoms with van der Waals surface area (Å²) in [5, 5.41) is 11.7.